The molecule has 1 spiro atoms. The first kappa shape index (κ1) is 11.8. The Morgan fingerprint density at radius 3 is 2.75 bits per heavy atom. The molecule has 0 radical (unpaired) electrons. The molecule has 2 aliphatic rings. The molecule has 0 bridgehead atoms. The summed E-state index contributed by atoms with van der Waals surface area (Å²) in [4.78, 5) is 9.76. The zero-order valence-corrected chi connectivity index (χ0v) is 9.13. The van der Waals surface area contributed by atoms with E-state index in [0.29, 0.717) is 0 Å². The average molecular weight is 231 g/mol. The topological polar surface area (TPSA) is 81.8 Å². The lowest BCUT2D eigenvalue weighted by molar-refractivity contribution is -0.493. The fourth-order valence-corrected chi connectivity index (χ4v) is 2.39. The van der Waals surface area contributed by atoms with E-state index in [2.05, 4.69) is 0 Å². The molecule has 0 aromatic heterocycles. The van der Waals surface area contributed by atoms with Gasteiger partial charge in [-0.2, -0.15) is 0 Å². The van der Waals surface area contributed by atoms with Crippen molar-refractivity contribution in [2.24, 2.45) is 0 Å². The van der Waals surface area contributed by atoms with Crippen LogP contribution in [0.15, 0.2) is 0 Å². The molecule has 1 saturated heterocycles. The van der Waals surface area contributed by atoms with Crippen molar-refractivity contribution >= 4 is 0 Å². The maximum absolute atomic E-state index is 10.3. The molecule has 2 rings (SSSR count). The predicted molar refractivity (Wildman–Crippen MR) is 54.5 cm³/mol. The lowest BCUT2D eigenvalue weighted by Crippen LogP contribution is -2.38. The molecule has 2 atom stereocenters. The van der Waals surface area contributed by atoms with Crippen LogP contribution in [-0.4, -0.2) is 41.2 Å². The zero-order chi connectivity index (χ0) is 11.6. The van der Waals surface area contributed by atoms with Crippen LogP contribution in [-0.2, 0) is 9.47 Å². The standard InChI is InChI=1S/C10H17NO5/c12-8(6-11(13)14)9-7-15-10(16-9)4-2-1-3-5-10/h8-9,12H,1-7H2/t8-,9+/m0/s1. The predicted octanol–water partition coefficient (Wildman–Crippen LogP) is 0.700. The molecule has 0 aromatic carbocycles. The summed E-state index contributed by atoms with van der Waals surface area (Å²) in [6.45, 7) is -0.223. The maximum Gasteiger partial charge on any atom is 0.232 e. The number of hydrogen-bond donors (Lipinski definition) is 1. The third-order valence-corrected chi connectivity index (χ3v) is 3.26. The number of nitrogens with zero attached hydrogens (tertiary/aromatic N) is 1. The second kappa shape index (κ2) is 4.65. The minimum Gasteiger partial charge on any atom is -0.383 e. The minimum absolute atomic E-state index is 0.259. The highest BCUT2D eigenvalue weighted by Crippen LogP contribution is 2.38. The van der Waals surface area contributed by atoms with Crippen LogP contribution >= 0.6 is 0 Å². The Labute approximate surface area is 93.7 Å². The molecule has 2 fully saturated rings. The number of rotatable bonds is 3. The van der Waals surface area contributed by atoms with Gasteiger partial charge in [-0.05, 0) is 12.8 Å². The van der Waals surface area contributed by atoms with Crippen molar-refractivity contribution in [3.8, 4) is 0 Å². The molecule has 0 unspecified atom stereocenters. The molecule has 6 nitrogen and oxygen atoms in total. The van der Waals surface area contributed by atoms with E-state index in [0.717, 1.165) is 25.7 Å². The van der Waals surface area contributed by atoms with Gasteiger partial charge in [0.1, 0.15) is 12.2 Å². The molecule has 92 valence electrons. The Morgan fingerprint density at radius 1 is 1.44 bits per heavy atom. The van der Waals surface area contributed by atoms with E-state index in [1.165, 1.54) is 6.42 Å². The van der Waals surface area contributed by atoms with E-state index < -0.39 is 29.5 Å². The molecule has 0 aromatic rings. The van der Waals surface area contributed by atoms with Crippen LogP contribution < -0.4 is 0 Å². The Balaban J connectivity index is 1.89. The summed E-state index contributed by atoms with van der Waals surface area (Å²) >= 11 is 0. The fraction of sp³-hybridized carbons (Fsp3) is 1.00. The molecule has 1 heterocycles. The first-order valence-corrected chi connectivity index (χ1v) is 5.73. The van der Waals surface area contributed by atoms with Gasteiger partial charge in [-0.15, -0.1) is 0 Å². The molecule has 1 aliphatic carbocycles. The minimum atomic E-state index is -1.07. The van der Waals surface area contributed by atoms with Gasteiger partial charge in [-0.3, -0.25) is 10.1 Å². The second-order valence-electron chi connectivity index (χ2n) is 4.52. The van der Waals surface area contributed by atoms with Gasteiger partial charge in [0, 0.05) is 17.8 Å². The second-order valence-corrected chi connectivity index (χ2v) is 4.52. The summed E-state index contributed by atoms with van der Waals surface area (Å²) in [5, 5.41) is 19.9. The van der Waals surface area contributed by atoms with Crippen molar-refractivity contribution in [2.75, 3.05) is 13.2 Å². The molecule has 1 saturated carbocycles. The van der Waals surface area contributed by atoms with Crippen LogP contribution in [0.2, 0.25) is 0 Å². The summed E-state index contributed by atoms with van der Waals surface area (Å²) in [5.74, 6) is -0.569. The Morgan fingerprint density at radius 2 is 2.12 bits per heavy atom. The van der Waals surface area contributed by atoms with Crippen molar-refractivity contribution in [1.29, 1.82) is 0 Å². The fourth-order valence-electron chi connectivity index (χ4n) is 2.39. The molecular formula is C10H17NO5. The summed E-state index contributed by atoms with van der Waals surface area (Å²) in [6, 6.07) is 0. The lowest BCUT2D eigenvalue weighted by Gasteiger charge is -2.32. The van der Waals surface area contributed by atoms with Crippen LogP contribution in [0.4, 0.5) is 0 Å². The van der Waals surface area contributed by atoms with Crippen molar-refractivity contribution in [3.63, 3.8) is 0 Å². The van der Waals surface area contributed by atoms with Crippen LogP contribution in [0.3, 0.4) is 0 Å². The lowest BCUT2D eigenvalue weighted by atomic mass is 9.94. The monoisotopic (exact) mass is 231 g/mol. The number of aliphatic hydroxyl groups is 1. The number of nitro groups is 1. The highest BCUT2D eigenvalue weighted by Gasteiger charge is 2.45. The summed E-state index contributed by atoms with van der Waals surface area (Å²) in [5.41, 5.74) is 0. The molecule has 1 N–H and O–H groups in total. The Kier molecular flexibility index (Phi) is 3.41. The van der Waals surface area contributed by atoms with Crippen LogP contribution in [0, 0.1) is 10.1 Å². The van der Waals surface area contributed by atoms with Gasteiger partial charge in [-0.25, -0.2) is 0 Å². The van der Waals surface area contributed by atoms with Gasteiger partial charge < -0.3 is 14.6 Å². The quantitative estimate of drug-likeness (QED) is 0.571. The Bertz CT molecular complexity index is 264. The van der Waals surface area contributed by atoms with Gasteiger partial charge in [-0.1, -0.05) is 6.42 Å². The first-order chi connectivity index (χ1) is 7.61. The molecule has 0 amide bonds. The third kappa shape index (κ3) is 2.50. The van der Waals surface area contributed by atoms with Crippen molar-refractivity contribution < 1.29 is 19.5 Å². The van der Waals surface area contributed by atoms with E-state index in [-0.39, 0.29) is 6.61 Å². The van der Waals surface area contributed by atoms with E-state index in [1.54, 1.807) is 0 Å². The Hall–Kier alpha value is -0.720. The van der Waals surface area contributed by atoms with Gasteiger partial charge in [0.15, 0.2) is 5.79 Å². The summed E-state index contributed by atoms with van der Waals surface area (Å²) in [6.07, 6.45) is 3.32. The number of aliphatic hydroxyl groups excluding tert-OH is 1. The molecule has 6 heteroatoms. The molecule has 1 aliphatic heterocycles. The highest BCUT2D eigenvalue weighted by molar-refractivity contribution is 4.85. The third-order valence-electron chi connectivity index (χ3n) is 3.26. The summed E-state index contributed by atoms with van der Waals surface area (Å²) < 4.78 is 11.3. The van der Waals surface area contributed by atoms with Gasteiger partial charge in [0.2, 0.25) is 6.54 Å². The van der Waals surface area contributed by atoms with Crippen LogP contribution in [0.5, 0.6) is 0 Å². The van der Waals surface area contributed by atoms with E-state index in [4.69, 9.17) is 9.47 Å². The van der Waals surface area contributed by atoms with Crippen LogP contribution in [0.25, 0.3) is 0 Å². The van der Waals surface area contributed by atoms with Gasteiger partial charge in [0.25, 0.3) is 0 Å². The molecular weight excluding hydrogens is 214 g/mol. The maximum atomic E-state index is 10.3. The number of ether oxygens (including phenoxy) is 2. The van der Waals surface area contributed by atoms with E-state index in [1.807, 2.05) is 0 Å². The van der Waals surface area contributed by atoms with Crippen molar-refractivity contribution in [3.05, 3.63) is 10.1 Å². The SMILES string of the molecule is O=[N+]([O-])C[C@H](O)[C@H]1COC2(CCCCC2)O1. The van der Waals surface area contributed by atoms with Crippen molar-refractivity contribution in [1.82, 2.24) is 0 Å². The summed E-state index contributed by atoms with van der Waals surface area (Å²) in [7, 11) is 0. The highest BCUT2D eigenvalue weighted by atomic mass is 16.7. The van der Waals surface area contributed by atoms with E-state index >= 15 is 0 Å². The largest absolute Gasteiger partial charge is 0.383 e. The van der Waals surface area contributed by atoms with Crippen LogP contribution in [0.1, 0.15) is 32.1 Å². The smallest absolute Gasteiger partial charge is 0.232 e. The molecule has 16 heavy (non-hydrogen) atoms. The average Bonchev–Trinajstić information content (AvgIpc) is 2.62. The zero-order valence-electron chi connectivity index (χ0n) is 9.13. The van der Waals surface area contributed by atoms with Gasteiger partial charge in [0.05, 0.1) is 6.61 Å². The van der Waals surface area contributed by atoms with Crippen molar-refractivity contribution in [2.45, 2.75) is 50.1 Å². The first-order valence-electron chi connectivity index (χ1n) is 5.73. The normalized spacial score (nSPS) is 30.4. The van der Waals surface area contributed by atoms with Gasteiger partial charge >= 0.3 is 0 Å². The van der Waals surface area contributed by atoms with E-state index in [9.17, 15) is 15.2 Å². The number of hydrogen-bond acceptors (Lipinski definition) is 5.